The Kier molecular flexibility index (Phi) is 8.16. The van der Waals surface area contributed by atoms with Crippen molar-refractivity contribution < 1.29 is 0 Å². The average Bonchev–Trinajstić information content (AvgIpc) is 2.19. The van der Waals surface area contributed by atoms with Gasteiger partial charge in [-0.25, -0.2) is 0 Å². The quantitative estimate of drug-likeness (QED) is 0.897. The Morgan fingerprint density at radius 3 is 2.50 bits per heavy atom. The zero-order chi connectivity index (χ0) is 9.80. The topological polar surface area (TPSA) is 15.3 Å². The predicted molar refractivity (Wildman–Crippen MR) is 74.1 cm³/mol. The molecule has 1 aliphatic heterocycles. The molecule has 1 aromatic rings. The predicted octanol–water partition coefficient (Wildman–Crippen LogP) is 2.59. The summed E-state index contributed by atoms with van der Waals surface area (Å²) in [6.07, 6.45) is 0. The van der Waals surface area contributed by atoms with Crippen LogP contribution in [0.5, 0.6) is 0 Å². The summed E-state index contributed by atoms with van der Waals surface area (Å²) in [5, 5.41) is 4.18. The maximum atomic E-state index is 5.93. The van der Waals surface area contributed by atoms with E-state index in [-0.39, 0.29) is 24.8 Å². The summed E-state index contributed by atoms with van der Waals surface area (Å²) in [6, 6.07) is 8.11. The van der Waals surface area contributed by atoms with Gasteiger partial charge in [-0.3, -0.25) is 4.90 Å². The van der Waals surface area contributed by atoms with Crippen molar-refractivity contribution in [3.63, 3.8) is 0 Å². The van der Waals surface area contributed by atoms with Crippen molar-refractivity contribution >= 4 is 36.4 Å². The second-order valence-electron chi connectivity index (χ2n) is 3.66. The third-order valence-corrected chi connectivity index (χ3v) is 2.74. The van der Waals surface area contributed by atoms with Crippen molar-refractivity contribution in [1.82, 2.24) is 10.2 Å². The Hall–Kier alpha value is 0.01000. The van der Waals surface area contributed by atoms with Crippen LogP contribution >= 0.6 is 36.4 Å². The largest absolute Gasteiger partial charge is 0.314 e. The molecular weight excluding hydrogens is 266 g/mol. The number of nitrogens with one attached hydrogen (secondary N) is 1. The first-order valence-electron chi connectivity index (χ1n) is 5.02. The third-order valence-electron chi connectivity index (χ3n) is 2.50. The fourth-order valence-electron chi connectivity index (χ4n) is 1.76. The van der Waals surface area contributed by atoms with Gasteiger partial charge in [-0.2, -0.15) is 0 Å². The number of rotatable bonds is 2. The molecule has 0 spiro atoms. The summed E-state index contributed by atoms with van der Waals surface area (Å²) in [4.78, 5) is 2.45. The Morgan fingerprint density at radius 1 is 1.19 bits per heavy atom. The monoisotopic (exact) mass is 282 g/mol. The van der Waals surface area contributed by atoms with Gasteiger partial charge in [0.25, 0.3) is 0 Å². The van der Waals surface area contributed by atoms with Crippen LogP contribution in [0.4, 0.5) is 0 Å². The molecule has 0 aromatic heterocycles. The fraction of sp³-hybridized carbons (Fsp3) is 0.455. The lowest BCUT2D eigenvalue weighted by atomic mass is 10.2. The highest BCUT2D eigenvalue weighted by Gasteiger charge is 2.09. The normalized spacial score (nSPS) is 16.1. The van der Waals surface area contributed by atoms with Crippen LogP contribution in [0.1, 0.15) is 5.56 Å². The van der Waals surface area contributed by atoms with Gasteiger partial charge in [0.2, 0.25) is 0 Å². The van der Waals surface area contributed by atoms with Gasteiger partial charge in [-0.05, 0) is 17.7 Å². The first kappa shape index (κ1) is 16.0. The van der Waals surface area contributed by atoms with Crippen LogP contribution in [0.25, 0.3) is 0 Å². The van der Waals surface area contributed by atoms with Crippen molar-refractivity contribution in [3.8, 4) is 0 Å². The Balaban J connectivity index is 0.00000112. The average molecular weight is 284 g/mol. The van der Waals surface area contributed by atoms with Crippen LogP contribution in [0.3, 0.4) is 0 Å². The van der Waals surface area contributed by atoms with Crippen LogP contribution in [0, 0.1) is 0 Å². The van der Waals surface area contributed by atoms with Crippen LogP contribution < -0.4 is 5.32 Å². The van der Waals surface area contributed by atoms with Gasteiger partial charge in [0.05, 0.1) is 0 Å². The van der Waals surface area contributed by atoms with E-state index in [0.717, 1.165) is 37.7 Å². The molecule has 16 heavy (non-hydrogen) atoms. The highest BCUT2D eigenvalue weighted by molar-refractivity contribution is 6.30. The smallest absolute Gasteiger partial charge is 0.0409 e. The second kappa shape index (κ2) is 8.15. The molecule has 1 aliphatic rings. The molecule has 0 unspecified atom stereocenters. The van der Waals surface area contributed by atoms with E-state index in [2.05, 4.69) is 16.3 Å². The third kappa shape index (κ3) is 4.89. The molecule has 1 saturated heterocycles. The number of hydrogen-bond acceptors (Lipinski definition) is 2. The summed E-state index contributed by atoms with van der Waals surface area (Å²) in [5.41, 5.74) is 1.31. The molecule has 5 heteroatoms. The maximum Gasteiger partial charge on any atom is 0.0409 e. The van der Waals surface area contributed by atoms with Gasteiger partial charge in [0, 0.05) is 37.7 Å². The minimum absolute atomic E-state index is 0. The minimum atomic E-state index is 0. The molecule has 0 atom stereocenters. The molecule has 1 N–H and O–H groups in total. The van der Waals surface area contributed by atoms with Crippen molar-refractivity contribution in [1.29, 1.82) is 0 Å². The van der Waals surface area contributed by atoms with Crippen molar-refractivity contribution in [3.05, 3.63) is 34.9 Å². The Morgan fingerprint density at radius 2 is 1.88 bits per heavy atom. The second-order valence-corrected chi connectivity index (χ2v) is 4.09. The molecule has 2 rings (SSSR count). The number of nitrogens with zero attached hydrogens (tertiary/aromatic N) is 1. The lowest BCUT2D eigenvalue weighted by Gasteiger charge is -2.27. The zero-order valence-corrected chi connectivity index (χ0v) is 11.4. The Bertz CT molecular complexity index is 301. The first-order valence-corrected chi connectivity index (χ1v) is 5.40. The number of benzene rings is 1. The van der Waals surface area contributed by atoms with E-state index in [4.69, 9.17) is 11.6 Å². The molecule has 0 radical (unpaired) electrons. The van der Waals surface area contributed by atoms with E-state index in [1.165, 1.54) is 5.56 Å². The molecule has 1 aromatic carbocycles. The minimum Gasteiger partial charge on any atom is -0.314 e. The molecule has 2 nitrogen and oxygen atoms in total. The molecule has 0 saturated carbocycles. The van der Waals surface area contributed by atoms with E-state index in [9.17, 15) is 0 Å². The summed E-state index contributed by atoms with van der Waals surface area (Å²) in [7, 11) is 0. The van der Waals surface area contributed by atoms with Gasteiger partial charge in [0.15, 0.2) is 0 Å². The standard InChI is InChI=1S/C11H15ClN2.2ClH/c12-11-3-1-2-10(8-11)9-14-6-4-13-5-7-14;;/h1-3,8,13H,4-7,9H2;2*1H. The SMILES string of the molecule is Cl.Cl.Clc1cccc(CN2CCNCC2)c1. The zero-order valence-electron chi connectivity index (χ0n) is 8.99. The highest BCUT2D eigenvalue weighted by Crippen LogP contribution is 2.12. The molecule has 92 valence electrons. The molecule has 0 aliphatic carbocycles. The van der Waals surface area contributed by atoms with Crippen LogP contribution in [-0.4, -0.2) is 31.1 Å². The van der Waals surface area contributed by atoms with Gasteiger partial charge in [0.1, 0.15) is 0 Å². The first-order chi connectivity index (χ1) is 6.84. The van der Waals surface area contributed by atoms with Crippen molar-refractivity contribution in [2.45, 2.75) is 6.54 Å². The van der Waals surface area contributed by atoms with E-state index in [0.29, 0.717) is 0 Å². The van der Waals surface area contributed by atoms with Gasteiger partial charge >= 0.3 is 0 Å². The van der Waals surface area contributed by atoms with E-state index >= 15 is 0 Å². The summed E-state index contributed by atoms with van der Waals surface area (Å²) >= 11 is 5.93. The van der Waals surface area contributed by atoms with Crippen LogP contribution in [0.2, 0.25) is 5.02 Å². The Labute approximate surface area is 114 Å². The fourth-order valence-corrected chi connectivity index (χ4v) is 1.98. The van der Waals surface area contributed by atoms with Gasteiger partial charge in [-0.15, -0.1) is 24.8 Å². The molecule has 0 bridgehead atoms. The summed E-state index contributed by atoms with van der Waals surface area (Å²) < 4.78 is 0. The number of piperazine rings is 1. The van der Waals surface area contributed by atoms with Crippen LogP contribution in [0.15, 0.2) is 24.3 Å². The number of halogens is 3. The van der Waals surface area contributed by atoms with E-state index < -0.39 is 0 Å². The van der Waals surface area contributed by atoms with Crippen LogP contribution in [-0.2, 0) is 6.54 Å². The summed E-state index contributed by atoms with van der Waals surface area (Å²) in [6.45, 7) is 5.47. The number of hydrogen-bond donors (Lipinski definition) is 1. The van der Waals surface area contributed by atoms with Gasteiger partial charge in [-0.1, -0.05) is 23.7 Å². The van der Waals surface area contributed by atoms with Crippen molar-refractivity contribution in [2.24, 2.45) is 0 Å². The maximum absolute atomic E-state index is 5.93. The molecular formula is C11H17Cl3N2. The molecule has 0 amide bonds. The molecule has 1 fully saturated rings. The van der Waals surface area contributed by atoms with Crippen molar-refractivity contribution in [2.75, 3.05) is 26.2 Å². The summed E-state index contributed by atoms with van der Waals surface area (Å²) in [5.74, 6) is 0. The lowest BCUT2D eigenvalue weighted by Crippen LogP contribution is -2.42. The van der Waals surface area contributed by atoms with E-state index in [1.807, 2.05) is 18.2 Å². The van der Waals surface area contributed by atoms with E-state index in [1.54, 1.807) is 0 Å². The molecule has 1 heterocycles. The highest BCUT2D eigenvalue weighted by atomic mass is 35.5. The lowest BCUT2D eigenvalue weighted by molar-refractivity contribution is 0.233. The van der Waals surface area contributed by atoms with Gasteiger partial charge < -0.3 is 5.32 Å².